The number of carboxylic acids is 1. The van der Waals surface area contributed by atoms with Crippen LogP contribution in [0.5, 0.6) is 0 Å². The Morgan fingerprint density at radius 1 is 1.50 bits per heavy atom. The van der Waals surface area contributed by atoms with Crippen molar-refractivity contribution in [1.82, 2.24) is 0 Å². The van der Waals surface area contributed by atoms with Gasteiger partial charge >= 0.3 is 5.97 Å². The summed E-state index contributed by atoms with van der Waals surface area (Å²) >= 11 is 1.60. The van der Waals surface area contributed by atoms with Crippen LogP contribution in [-0.2, 0) is 4.79 Å². The molecule has 0 aromatic rings. The third-order valence-electron chi connectivity index (χ3n) is 3.29. The first kappa shape index (κ1) is 13.6. The fraction of sp³-hybridized carbons (Fsp3) is 0.769. The highest BCUT2D eigenvalue weighted by atomic mass is 32.2. The Morgan fingerprint density at radius 2 is 2.12 bits per heavy atom. The maximum atomic E-state index is 10.9. The van der Waals surface area contributed by atoms with Gasteiger partial charge in [0.1, 0.15) is 0 Å². The lowest BCUT2D eigenvalue weighted by molar-refractivity contribution is -0.136. The summed E-state index contributed by atoms with van der Waals surface area (Å²) in [7, 11) is 0. The van der Waals surface area contributed by atoms with Crippen molar-refractivity contribution in [3.05, 3.63) is 11.6 Å². The van der Waals surface area contributed by atoms with E-state index in [1.165, 1.54) is 5.57 Å². The van der Waals surface area contributed by atoms with E-state index in [-0.39, 0.29) is 10.00 Å². The van der Waals surface area contributed by atoms with Crippen LogP contribution in [0.4, 0.5) is 0 Å². The van der Waals surface area contributed by atoms with Gasteiger partial charge < -0.3 is 5.11 Å². The van der Waals surface area contributed by atoms with E-state index in [0.717, 1.165) is 19.3 Å². The van der Waals surface area contributed by atoms with Crippen molar-refractivity contribution in [3.63, 3.8) is 0 Å². The van der Waals surface area contributed by atoms with E-state index in [2.05, 4.69) is 26.8 Å². The first-order valence-electron chi connectivity index (χ1n) is 5.93. The molecule has 2 nitrogen and oxygen atoms in total. The summed E-state index contributed by atoms with van der Waals surface area (Å²) in [6.07, 6.45) is 5.53. The standard InChI is InChI=1S/C13H22O2S/c1-9(2)11-5-7-13(4,8-6-11)16-10(3)12(14)15/h5,9-10H,6-8H2,1-4H3,(H,14,15). The van der Waals surface area contributed by atoms with Gasteiger partial charge in [-0.2, -0.15) is 0 Å². The summed E-state index contributed by atoms with van der Waals surface area (Å²) in [5, 5.41) is 8.62. The van der Waals surface area contributed by atoms with Gasteiger partial charge in [-0.05, 0) is 32.1 Å². The van der Waals surface area contributed by atoms with Gasteiger partial charge in [-0.3, -0.25) is 4.79 Å². The maximum Gasteiger partial charge on any atom is 0.316 e. The molecule has 1 rings (SSSR count). The summed E-state index contributed by atoms with van der Waals surface area (Å²) in [4.78, 5) is 10.9. The topological polar surface area (TPSA) is 37.3 Å². The molecule has 0 fully saturated rings. The van der Waals surface area contributed by atoms with E-state index in [1.54, 1.807) is 18.7 Å². The minimum atomic E-state index is -0.704. The van der Waals surface area contributed by atoms with Gasteiger partial charge in [-0.25, -0.2) is 0 Å². The zero-order chi connectivity index (χ0) is 12.3. The smallest absolute Gasteiger partial charge is 0.316 e. The summed E-state index contributed by atoms with van der Waals surface area (Å²) in [6, 6.07) is 0. The molecule has 0 aromatic heterocycles. The molecule has 2 unspecified atom stereocenters. The molecule has 0 saturated carbocycles. The summed E-state index contributed by atoms with van der Waals surface area (Å²) < 4.78 is 0.107. The minimum Gasteiger partial charge on any atom is -0.480 e. The van der Waals surface area contributed by atoms with Crippen LogP contribution in [0.15, 0.2) is 11.6 Å². The fourth-order valence-electron chi connectivity index (χ4n) is 2.07. The van der Waals surface area contributed by atoms with Crippen LogP contribution < -0.4 is 0 Å². The average Bonchev–Trinajstić information content (AvgIpc) is 2.17. The molecule has 0 bridgehead atoms. The number of allylic oxidation sites excluding steroid dienone is 2. The van der Waals surface area contributed by atoms with E-state index in [9.17, 15) is 4.79 Å². The Bertz CT molecular complexity index is 296. The van der Waals surface area contributed by atoms with E-state index in [0.29, 0.717) is 5.92 Å². The molecule has 3 heteroatoms. The number of rotatable bonds is 4. The SMILES string of the molecule is CC(C)C1=CCC(C)(SC(C)C(=O)O)CC1. The highest BCUT2D eigenvalue weighted by molar-refractivity contribution is 8.01. The molecular formula is C13H22O2S. The normalized spacial score (nSPS) is 27.7. The molecule has 92 valence electrons. The van der Waals surface area contributed by atoms with Gasteiger partial charge in [0.25, 0.3) is 0 Å². The van der Waals surface area contributed by atoms with Crippen LogP contribution in [-0.4, -0.2) is 21.1 Å². The lowest BCUT2D eigenvalue weighted by atomic mass is 9.85. The highest BCUT2D eigenvalue weighted by Crippen LogP contribution is 2.42. The molecule has 16 heavy (non-hydrogen) atoms. The van der Waals surface area contributed by atoms with Crippen molar-refractivity contribution < 1.29 is 9.90 Å². The molecular weight excluding hydrogens is 220 g/mol. The van der Waals surface area contributed by atoms with Crippen LogP contribution in [0, 0.1) is 5.92 Å². The lowest BCUT2D eigenvalue weighted by Gasteiger charge is -2.34. The van der Waals surface area contributed by atoms with Crippen molar-refractivity contribution in [3.8, 4) is 0 Å². The third-order valence-corrected chi connectivity index (χ3v) is 4.78. The summed E-state index contributed by atoms with van der Waals surface area (Å²) in [6.45, 7) is 8.41. The second-order valence-electron chi connectivity index (χ2n) is 5.19. The number of thioether (sulfide) groups is 1. The van der Waals surface area contributed by atoms with Crippen LogP contribution in [0.3, 0.4) is 0 Å². The Kier molecular flexibility index (Phi) is 4.48. The van der Waals surface area contributed by atoms with E-state index in [1.807, 2.05) is 0 Å². The quantitative estimate of drug-likeness (QED) is 0.763. The van der Waals surface area contributed by atoms with Gasteiger partial charge in [-0.15, -0.1) is 11.8 Å². The number of aliphatic carboxylic acids is 1. The molecule has 0 aliphatic heterocycles. The van der Waals surface area contributed by atoms with Gasteiger partial charge in [0.2, 0.25) is 0 Å². The predicted molar refractivity (Wildman–Crippen MR) is 69.9 cm³/mol. The minimum absolute atomic E-state index is 0.107. The Balaban J connectivity index is 2.59. The van der Waals surface area contributed by atoms with E-state index in [4.69, 9.17) is 5.11 Å². The number of carboxylic acid groups (broad SMARTS) is 1. The molecule has 0 amide bonds. The second-order valence-corrected chi connectivity index (χ2v) is 7.11. The monoisotopic (exact) mass is 242 g/mol. The average molecular weight is 242 g/mol. The fourth-order valence-corrected chi connectivity index (χ4v) is 3.42. The van der Waals surface area contributed by atoms with Crippen molar-refractivity contribution in [2.24, 2.45) is 5.92 Å². The van der Waals surface area contributed by atoms with Crippen molar-refractivity contribution >= 4 is 17.7 Å². The van der Waals surface area contributed by atoms with Crippen LogP contribution in [0.2, 0.25) is 0 Å². The molecule has 1 aliphatic carbocycles. The van der Waals surface area contributed by atoms with Crippen molar-refractivity contribution in [2.75, 3.05) is 0 Å². The van der Waals surface area contributed by atoms with Gasteiger partial charge in [0, 0.05) is 4.75 Å². The first-order chi connectivity index (χ1) is 7.34. The molecule has 1 N–H and O–H groups in total. The van der Waals surface area contributed by atoms with Crippen LogP contribution in [0.25, 0.3) is 0 Å². The Hall–Kier alpha value is -0.440. The molecule has 1 aliphatic rings. The van der Waals surface area contributed by atoms with E-state index < -0.39 is 5.97 Å². The number of hydrogen-bond donors (Lipinski definition) is 1. The molecule has 0 saturated heterocycles. The molecule has 0 aromatic carbocycles. The Morgan fingerprint density at radius 3 is 2.50 bits per heavy atom. The summed E-state index contributed by atoms with van der Waals surface area (Å²) in [5.41, 5.74) is 1.53. The summed E-state index contributed by atoms with van der Waals surface area (Å²) in [5.74, 6) is -0.0729. The highest BCUT2D eigenvalue weighted by Gasteiger charge is 2.31. The third kappa shape index (κ3) is 3.55. The zero-order valence-electron chi connectivity index (χ0n) is 10.6. The van der Waals surface area contributed by atoms with Gasteiger partial charge in [-0.1, -0.05) is 32.4 Å². The van der Waals surface area contributed by atoms with Crippen molar-refractivity contribution in [1.29, 1.82) is 0 Å². The van der Waals surface area contributed by atoms with E-state index >= 15 is 0 Å². The lowest BCUT2D eigenvalue weighted by Crippen LogP contribution is -2.28. The molecule has 0 radical (unpaired) electrons. The van der Waals surface area contributed by atoms with Crippen LogP contribution in [0.1, 0.15) is 47.0 Å². The van der Waals surface area contributed by atoms with Gasteiger partial charge in [0.15, 0.2) is 0 Å². The second kappa shape index (κ2) is 5.26. The number of hydrogen-bond acceptors (Lipinski definition) is 2. The van der Waals surface area contributed by atoms with Crippen LogP contribution >= 0.6 is 11.8 Å². The largest absolute Gasteiger partial charge is 0.480 e. The zero-order valence-corrected chi connectivity index (χ0v) is 11.4. The van der Waals surface area contributed by atoms with Gasteiger partial charge in [0.05, 0.1) is 5.25 Å². The first-order valence-corrected chi connectivity index (χ1v) is 6.81. The molecule has 0 spiro atoms. The molecule has 2 atom stereocenters. The number of carbonyl (C=O) groups is 1. The maximum absolute atomic E-state index is 10.9. The van der Waals surface area contributed by atoms with Crippen molar-refractivity contribution in [2.45, 2.75) is 57.0 Å². The molecule has 0 heterocycles. The Labute approximate surface area is 103 Å². The predicted octanol–water partition coefficient (Wildman–Crippen LogP) is 3.72.